The number of hydrogen-bond acceptors (Lipinski definition) is 1. The van der Waals surface area contributed by atoms with E-state index in [1.54, 1.807) is 7.11 Å². The molecule has 0 bridgehead atoms. The second kappa shape index (κ2) is 6.48. The molecule has 0 saturated heterocycles. The summed E-state index contributed by atoms with van der Waals surface area (Å²) in [6.45, 7) is 2.18. The Labute approximate surface area is 132 Å². The predicted octanol–water partition coefficient (Wildman–Crippen LogP) is 5.26. The first-order chi connectivity index (χ1) is 10.8. The standard InChI is InChI=1S/C21H20O/c1-16-9-8-13-18(19-12-6-7-14-21(19)22-2)20(16)15-17-10-4-3-5-11-17/h3-14H,15H2,1-2H3. The molecule has 22 heavy (non-hydrogen) atoms. The number of aryl methyl sites for hydroxylation is 1. The van der Waals surface area contributed by atoms with Crippen molar-refractivity contribution in [2.45, 2.75) is 13.3 Å². The molecule has 0 aliphatic rings. The number of benzene rings is 3. The van der Waals surface area contributed by atoms with Crippen LogP contribution < -0.4 is 4.74 Å². The Kier molecular flexibility index (Phi) is 4.24. The molecule has 0 radical (unpaired) electrons. The number of hydrogen-bond donors (Lipinski definition) is 0. The van der Waals surface area contributed by atoms with Crippen molar-refractivity contribution in [1.82, 2.24) is 0 Å². The molecule has 0 saturated carbocycles. The van der Waals surface area contributed by atoms with E-state index < -0.39 is 0 Å². The average molecular weight is 288 g/mol. The van der Waals surface area contributed by atoms with E-state index in [0.717, 1.165) is 17.7 Å². The van der Waals surface area contributed by atoms with Gasteiger partial charge >= 0.3 is 0 Å². The Bertz CT molecular complexity index is 760. The fourth-order valence-electron chi connectivity index (χ4n) is 2.86. The van der Waals surface area contributed by atoms with Crippen molar-refractivity contribution in [1.29, 1.82) is 0 Å². The van der Waals surface area contributed by atoms with Gasteiger partial charge in [0.1, 0.15) is 5.75 Å². The SMILES string of the molecule is COc1ccccc1-c1cccc(C)c1Cc1ccccc1. The van der Waals surface area contributed by atoms with Crippen LogP contribution in [0.25, 0.3) is 11.1 Å². The molecule has 1 nitrogen and oxygen atoms in total. The van der Waals surface area contributed by atoms with Gasteiger partial charge in [0, 0.05) is 5.56 Å². The van der Waals surface area contributed by atoms with E-state index in [4.69, 9.17) is 4.74 Å². The van der Waals surface area contributed by atoms with Gasteiger partial charge in [-0.25, -0.2) is 0 Å². The molecule has 0 spiro atoms. The summed E-state index contributed by atoms with van der Waals surface area (Å²) in [6, 6.07) is 25.3. The van der Waals surface area contributed by atoms with Crippen LogP contribution in [0.4, 0.5) is 0 Å². The van der Waals surface area contributed by atoms with Crippen LogP contribution in [-0.4, -0.2) is 7.11 Å². The quantitative estimate of drug-likeness (QED) is 0.636. The van der Waals surface area contributed by atoms with E-state index in [-0.39, 0.29) is 0 Å². The van der Waals surface area contributed by atoms with Gasteiger partial charge in [-0.2, -0.15) is 0 Å². The Morgan fingerprint density at radius 1 is 0.727 bits per heavy atom. The van der Waals surface area contributed by atoms with Crippen LogP contribution in [0.5, 0.6) is 5.75 Å². The van der Waals surface area contributed by atoms with Gasteiger partial charge in [0.15, 0.2) is 0 Å². The summed E-state index contributed by atoms with van der Waals surface area (Å²) in [6.07, 6.45) is 0.931. The van der Waals surface area contributed by atoms with Crippen molar-refractivity contribution in [3.63, 3.8) is 0 Å². The highest BCUT2D eigenvalue weighted by Gasteiger charge is 2.12. The summed E-state index contributed by atoms with van der Waals surface area (Å²) in [5, 5.41) is 0. The predicted molar refractivity (Wildman–Crippen MR) is 92.4 cm³/mol. The van der Waals surface area contributed by atoms with Crippen molar-refractivity contribution in [2.24, 2.45) is 0 Å². The van der Waals surface area contributed by atoms with Gasteiger partial charge in [-0.15, -0.1) is 0 Å². The maximum absolute atomic E-state index is 5.54. The van der Waals surface area contributed by atoms with Gasteiger partial charge in [-0.05, 0) is 41.7 Å². The molecule has 0 aliphatic heterocycles. The first kappa shape index (κ1) is 14.4. The highest BCUT2D eigenvalue weighted by molar-refractivity contribution is 5.74. The fraction of sp³-hybridized carbons (Fsp3) is 0.143. The van der Waals surface area contributed by atoms with Crippen LogP contribution in [0, 0.1) is 6.92 Å². The molecule has 0 unspecified atom stereocenters. The second-order valence-electron chi connectivity index (χ2n) is 5.46. The van der Waals surface area contributed by atoms with Gasteiger partial charge < -0.3 is 4.74 Å². The van der Waals surface area contributed by atoms with Crippen molar-refractivity contribution < 1.29 is 4.74 Å². The maximum Gasteiger partial charge on any atom is 0.126 e. The average Bonchev–Trinajstić information content (AvgIpc) is 2.57. The molecule has 0 amide bonds. The third-order valence-corrected chi connectivity index (χ3v) is 4.03. The van der Waals surface area contributed by atoms with Gasteiger partial charge in [-0.3, -0.25) is 0 Å². The van der Waals surface area contributed by atoms with Gasteiger partial charge in [-0.1, -0.05) is 66.7 Å². The van der Waals surface area contributed by atoms with Gasteiger partial charge in [0.05, 0.1) is 7.11 Å². The Morgan fingerprint density at radius 2 is 1.41 bits per heavy atom. The zero-order chi connectivity index (χ0) is 15.4. The number of para-hydroxylation sites is 1. The van der Waals surface area contributed by atoms with E-state index >= 15 is 0 Å². The van der Waals surface area contributed by atoms with Crippen molar-refractivity contribution >= 4 is 0 Å². The zero-order valence-corrected chi connectivity index (χ0v) is 13.0. The highest BCUT2D eigenvalue weighted by atomic mass is 16.5. The summed E-state index contributed by atoms with van der Waals surface area (Å²) in [5.41, 5.74) is 6.40. The lowest BCUT2D eigenvalue weighted by atomic mass is 9.91. The topological polar surface area (TPSA) is 9.23 Å². The van der Waals surface area contributed by atoms with Gasteiger partial charge in [0.2, 0.25) is 0 Å². The zero-order valence-electron chi connectivity index (χ0n) is 13.0. The number of rotatable bonds is 4. The van der Waals surface area contributed by atoms with Crippen LogP contribution in [0.1, 0.15) is 16.7 Å². The normalized spacial score (nSPS) is 10.5. The highest BCUT2D eigenvalue weighted by Crippen LogP contribution is 2.34. The first-order valence-electron chi connectivity index (χ1n) is 7.55. The third-order valence-electron chi connectivity index (χ3n) is 4.03. The van der Waals surface area contributed by atoms with Gasteiger partial charge in [0.25, 0.3) is 0 Å². The largest absolute Gasteiger partial charge is 0.496 e. The van der Waals surface area contributed by atoms with Crippen molar-refractivity contribution in [3.8, 4) is 16.9 Å². The van der Waals surface area contributed by atoms with Crippen LogP contribution >= 0.6 is 0 Å². The minimum absolute atomic E-state index is 0.919. The summed E-state index contributed by atoms with van der Waals surface area (Å²) in [4.78, 5) is 0. The smallest absolute Gasteiger partial charge is 0.126 e. The van der Waals surface area contributed by atoms with Crippen molar-refractivity contribution in [2.75, 3.05) is 7.11 Å². The number of methoxy groups -OCH3 is 1. The monoisotopic (exact) mass is 288 g/mol. The Balaban J connectivity index is 2.11. The maximum atomic E-state index is 5.54. The molecule has 0 heterocycles. The van der Waals surface area contributed by atoms with E-state index in [0.29, 0.717) is 0 Å². The van der Waals surface area contributed by atoms with E-state index in [2.05, 4.69) is 67.6 Å². The Morgan fingerprint density at radius 3 is 2.18 bits per heavy atom. The van der Waals surface area contributed by atoms with Crippen LogP contribution in [0.15, 0.2) is 72.8 Å². The summed E-state index contributed by atoms with van der Waals surface area (Å²) >= 11 is 0. The van der Waals surface area contributed by atoms with E-state index in [1.807, 2.05) is 12.1 Å². The minimum Gasteiger partial charge on any atom is -0.496 e. The van der Waals surface area contributed by atoms with Crippen LogP contribution in [0.2, 0.25) is 0 Å². The second-order valence-corrected chi connectivity index (χ2v) is 5.46. The van der Waals surface area contributed by atoms with Crippen LogP contribution in [0.3, 0.4) is 0 Å². The molecule has 0 fully saturated rings. The van der Waals surface area contributed by atoms with E-state index in [9.17, 15) is 0 Å². The van der Waals surface area contributed by atoms with Crippen molar-refractivity contribution in [3.05, 3.63) is 89.5 Å². The summed E-state index contributed by atoms with van der Waals surface area (Å²) in [5.74, 6) is 0.919. The third kappa shape index (κ3) is 2.89. The molecular formula is C21H20O. The van der Waals surface area contributed by atoms with Crippen LogP contribution in [-0.2, 0) is 6.42 Å². The lowest BCUT2D eigenvalue weighted by Crippen LogP contribution is -1.97. The molecule has 0 aromatic heterocycles. The molecule has 0 atom stereocenters. The molecular weight excluding hydrogens is 268 g/mol. The summed E-state index contributed by atoms with van der Waals surface area (Å²) in [7, 11) is 1.73. The molecule has 110 valence electrons. The lowest BCUT2D eigenvalue weighted by molar-refractivity contribution is 0.416. The molecule has 3 aromatic carbocycles. The molecule has 0 N–H and O–H groups in total. The summed E-state index contributed by atoms with van der Waals surface area (Å²) < 4.78 is 5.54. The van der Waals surface area contributed by atoms with E-state index in [1.165, 1.54) is 22.3 Å². The molecule has 3 aromatic rings. The Hall–Kier alpha value is -2.54. The molecule has 3 rings (SSSR count). The number of ether oxygens (including phenoxy) is 1. The molecule has 1 heteroatoms. The molecule has 0 aliphatic carbocycles. The lowest BCUT2D eigenvalue weighted by Gasteiger charge is -2.15. The fourth-order valence-corrected chi connectivity index (χ4v) is 2.86. The minimum atomic E-state index is 0.919. The first-order valence-corrected chi connectivity index (χ1v) is 7.55.